The minimum Gasteiger partial charge on any atom is -0.448 e. The number of ether oxygens (including phenoxy) is 1. The van der Waals surface area contributed by atoms with Gasteiger partial charge in [0.25, 0.3) is 5.91 Å². The number of aryl methyl sites for hydroxylation is 1. The van der Waals surface area contributed by atoms with Gasteiger partial charge in [-0.1, -0.05) is 30.3 Å². The minimum absolute atomic E-state index is 0.123. The summed E-state index contributed by atoms with van der Waals surface area (Å²) in [6, 6.07) is 11.9. The van der Waals surface area contributed by atoms with Gasteiger partial charge in [-0.2, -0.15) is 0 Å². The van der Waals surface area contributed by atoms with E-state index < -0.39 is 12.1 Å². The van der Waals surface area contributed by atoms with E-state index in [4.69, 9.17) is 4.74 Å². The van der Waals surface area contributed by atoms with E-state index in [0.717, 1.165) is 19.3 Å². The summed E-state index contributed by atoms with van der Waals surface area (Å²) in [5.41, 5.74) is 2.03. The fraction of sp³-hybridized carbons (Fsp3) is 0.435. The molecule has 0 bridgehead atoms. The van der Waals surface area contributed by atoms with E-state index in [9.17, 15) is 14.4 Å². The Kier molecular flexibility index (Phi) is 6.52. The summed E-state index contributed by atoms with van der Waals surface area (Å²) < 4.78 is 6.93. The van der Waals surface area contributed by atoms with Crippen molar-refractivity contribution in [3.05, 3.63) is 59.4 Å². The molecule has 0 unspecified atom stereocenters. The zero-order valence-electron chi connectivity index (χ0n) is 17.3. The third kappa shape index (κ3) is 5.13. The highest BCUT2D eigenvalue weighted by Gasteiger charge is 2.29. The Morgan fingerprint density at radius 2 is 1.79 bits per heavy atom. The average Bonchev–Trinajstić information content (AvgIpc) is 3.11. The van der Waals surface area contributed by atoms with Crippen LogP contribution in [0, 0.1) is 5.92 Å². The number of benzene rings is 1. The number of amides is 1. The summed E-state index contributed by atoms with van der Waals surface area (Å²) in [5, 5.41) is 0. The molecule has 1 aromatic carbocycles. The molecule has 2 aromatic rings. The first kappa shape index (κ1) is 20.8. The zero-order chi connectivity index (χ0) is 21.0. The van der Waals surface area contributed by atoms with E-state index in [0.29, 0.717) is 24.6 Å². The van der Waals surface area contributed by atoms with E-state index in [1.807, 2.05) is 6.07 Å². The normalized spacial score (nSPS) is 15.8. The number of carbonyl (C=O) groups is 3. The Morgan fingerprint density at radius 1 is 1.14 bits per heavy atom. The van der Waals surface area contributed by atoms with Crippen molar-refractivity contribution in [1.82, 2.24) is 9.47 Å². The molecule has 1 aromatic heterocycles. The van der Waals surface area contributed by atoms with Crippen LogP contribution in [0.3, 0.4) is 0 Å². The molecule has 154 valence electrons. The predicted molar refractivity (Wildman–Crippen MR) is 110 cm³/mol. The van der Waals surface area contributed by atoms with Crippen molar-refractivity contribution in [1.29, 1.82) is 0 Å². The number of Topliss-reactive ketones (excluding diaryl/α,β-unsaturated/α-hetero) is 1. The molecule has 3 rings (SSSR count). The molecule has 0 radical (unpaired) electrons. The van der Waals surface area contributed by atoms with E-state index in [1.54, 1.807) is 29.6 Å². The maximum Gasteiger partial charge on any atom is 0.355 e. The Bertz CT molecular complexity index is 880. The van der Waals surface area contributed by atoms with Crippen molar-refractivity contribution < 1.29 is 19.1 Å². The highest BCUT2D eigenvalue weighted by atomic mass is 16.5. The molecule has 1 fully saturated rings. The maximum atomic E-state index is 12.7. The van der Waals surface area contributed by atoms with Crippen LogP contribution >= 0.6 is 0 Å². The summed E-state index contributed by atoms with van der Waals surface area (Å²) in [7, 11) is 1.67. The molecule has 0 N–H and O–H groups in total. The molecule has 1 aliphatic heterocycles. The summed E-state index contributed by atoms with van der Waals surface area (Å²) in [6.45, 7) is 4.40. The minimum atomic E-state index is -0.858. The van der Waals surface area contributed by atoms with Gasteiger partial charge in [-0.05, 0) is 50.7 Å². The number of likely N-dealkylation sites (tertiary alicyclic amines) is 1. The first-order valence-electron chi connectivity index (χ1n) is 10.1. The molecule has 1 atom stereocenters. The molecule has 0 spiro atoms. The van der Waals surface area contributed by atoms with Gasteiger partial charge in [0, 0.05) is 31.9 Å². The standard InChI is InChI=1S/C23H28N2O4/c1-16(26)20-14-21(24(3)15-20)23(28)29-17(2)22(27)25-11-9-19(10-12-25)13-18-7-5-4-6-8-18/h4-8,14-15,17,19H,9-13H2,1-3H3/t17-/m0/s1. The number of nitrogens with zero attached hydrogens (tertiary/aromatic N) is 2. The second-order valence-electron chi connectivity index (χ2n) is 7.79. The fourth-order valence-corrected chi connectivity index (χ4v) is 3.79. The van der Waals surface area contributed by atoms with Crippen LogP contribution in [0.5, 0.6) is 0 Å². The quantitative estimate of drug-likeness (QED) is 0.555. The summed E-state index contributed by atoms with van der Waals surface area (Å²) >= 11 is 0. The third-order valence-electron chi connectivity index (χ3n) is 5.55. The fourth-order valence-electron chi connectivity index (χ4n) is 3.79. The van der Waals surface area contributed by atoms with E-state index >= 15 is 0 Å². The maximum absolute atomic E-state index is 12.7. The molecule has 1 amide bonds. The van der Waals surface area contributed by atoms with Crippen LogP contribution < -0.4 is 0 Å². The predicted octanol–water partition coefficient (Wildman–Crippen LogP) is 3.25. The molecular weight excluding hydrogens is 368 g/mol. The van der Waals surface area contributed by atoms with Gasteiger partial charge < -0.3 is 14.2 Å². The van der Waals surface area contributed by atoms with Gasteiger partial charge >= 0.3 is 5.97 Å². The van der Waals surface area contributed by atoms with Gasteiger partial charge in [-0.15, -0.1) is 0 Å². The molecule has 29 heavy (non-hydrogen) atoms. The van der Waals surface area contributed by atoms with Crippen LogP contribution in [0.15, 0.2) is 42.6 Å². The second kappa shape index (κ2) is 9.07. The van der Waals surface area contributed by atoms with Crippen LogP contribution in [0.4, 0.5) is 0 Å². The molecule has 1 saturated heterocycles. The smallest absolute Gasteiger partial charge is 0.355 e. The van der Waals surface area contributed by atoms with Crippen molar-refractivity contribution >= 4 is 17.7 Å². The first-order valence-corrected chi connectivity index (χ1v) is 10.1. The number of rotatable bonds is 6. The van der Waals surface area contributed by atoms with Crippen molar-refractivity contribution in [2.75, 3.05) is 13.1 Å². The van der Waals surface area contributed by atoms with E-state index in [1.165, 1.54) is 18.6 Å². The molecule has 6 nitrogen and oxygen atoms in total. The molecule has 0 saturated carbocycles. The summed E-state index contributed by atoms with van der Waals surface area (Å²) in [5.74, 6) is -0.327. The van der Waals surface area contributed by atoms with E-state index in [2.05, 4.69) is 24.3 Å². The van der Waals surface area contributed by atoms with Crippen LogP contribution in [0.2, 0.25) is 0 Å². The second-order valence-corrected chi connectivity index (χ2v) is 7.79. The lowest BCUT2D eigenvalue weighted by atomic mass is 9.90. The van der Waals surface area contributed by atoms with Crippen LogP contribution in [-0.4, -0.2) is 46.3 Å². The van der Waals surface area contributed by atoms with E-state index in [-0.39, 0.29) is 17.4 Å². The topological polar surface area (TPSA) is 68.6 Å². The van der Waals surface area contributed by atoms with Gasteiger partial charge in [0.1, 0.15) is 5.69 Å². The number of hydrogen-bond donors (Lipinski definition) is 0. The Hall–Kier alpha value is -2.89. The van der Waals surface area contributed by atoms with Gasteiger partial charge in [0.2, 0.25) is 0 Å². The lowest BCUT2D eigenvalue weighted by molar-refractivity contribution is -0.141. The number of ketones is 1. The van der Waals surface area contributed by atoms with Gasteiger partial charge in [-0.3, -0.25) is 9.59 Å². The largest absolute Gasteiger partial charge is 0.448 e. The van der Waals surface area contributed by atoms with Crippen LogP contribution in [-0.2, 0) is 23.0 Å². The number of aromatic nitrogens is 1. The third-order valence-corrected chi connectivity index (χ3v) is 5.55. The van der Waals surface area contributed by atoms with Crippen molar-refractivity contribution in [2.24, 2.45) is 13.0 Å². The average molecular weight is 396 g/mol. The number of carbonyl (C=O) groups excluding carboxylic acids is 3. The van der Waals surface area contributed by atoms with Crippen LogP contribution in [0.1, 0.15) is 53.1 Å². The highest BCUT2D eigenvalue weighted by molar-refractivity contribution is 5.98. The lowest BCUT2D eigenvalue weighted by Gasteiger charge is -2.33. The number of hydrogen-bond acceptors (Lipinski definition) is 4. The van der Waals surface area contributed by atoms with Crippen molar-refractivity contribution in [3.63, 3.8) is 0 Å². The van der Waals surface area contributed by atoms with Gasteiger partial charge in [-0.25, -0.2) is 4.79 Å². The Morgan fingerprint density at radius 3 is 2.38 bits per heavy atom. The molecule has 6 heteroatoms. The highest BCUT2D eigenvalue weighted by Crippen LogP contribution is 2.22. The first-order chi connectivity index (χ1) is 13.8. The van der Waals surface area contributed by atoms with Crippen molar-refractivity contribution in [3.8, 4) is 0 Å². The lowest BCUT2D eigenvalue weighted by Crippen LogP contribution is -2.44. The summed E-state index contributed by atoms with van der Waals surface area (Å²) in [6.07, 6.45) is 3.65. The molecule has 2 heterocycles. The summed E-state index contributed by atoms with van der Waals surface area (Å²) in [4.78, 5) is 38.4. The molecular formula is C23H28N2O4. The van der Waals surface area contributed by atoms with Gasteiger partial charge in [0.05, 0.1) is 0 Å². The SMILES string of the molecule is CC(=O)c1cc(C(=O)O[C@@H](C)C(=O)N2CCC(Cc3ccccc3)CC2)n(C)c1. The molecule has 0 aliphatic carbocycles. The molecule has 1 aliphatic rings. The Labute approximate surface area is 171 Å². The Balaban J connectivity index is 1.51. The van der Waals surface area contributed by atoms with Crippen molar-refractivity contribution in [2.45, 2.75) is 39.2 Å². The number of esters is 1. The number of piperidine rings is 1. The zero-order valence-corrected chi connectivity index (χ0v) is 17.3. The monoisotopic (exact) mass is 396 g/mol. The van der Waals surface area contributed by atoms with Gasteiger partial charge in [0.15, 0.2) is 11.9 Å². The van der Waals surface area contributed by atoms with Crippen LogP contribution in [0.25, 0.3) is 0 Å².